The number of rotatable bonds is 5. The molecule has 0 spiro atoms. The number of hydrogen-bond donors (Lipinski definition) is 2. The van der Waals surface area contributed by atoms with Crippen LogP contribution in [0.1, 0.15) is 0 Å². The Morgan fingerprint density at radius 1 is 1.19 bits per heavy atom. The molecule has 0 aliphatic carbocycles. The van der Waals surface area contributed by atoms with Gasteiger partial charge in [0, 0.05) is 17.0 Å². The maximum Gasteiger partial charge on any atom is 0.422 e. The van der Waals surface area contributed by atoms with Gasteiger partial charge in [0.05, 0.1) is 5.52 Å². The van der Waals surface area contributed by atoms with E-state index in [1.165, 1.54) is 10.7 Å². The summed E-state index contributed by atoms with van der Waals surface area (Å²) < 4.78 is 57.0. The topological polar surface area (TPSA) is 96.2 Å². The maximum absolute atomic E-state index is 13.5. The smallest absolute Gasteiger partial charge is 0.422 e. The zero-order chi connectivity index (χ0) is 19.8. The first-order valence-corrected chi connectivity index (χ1v) is 7.68. The second kappa shape index (κ2) is 6.78. The fraction of sp³-hybridized carbons (Fsp3) is 0.176. The number of aromatic nitrogens is 2. The number of nitrogens with zero attached hydrogens (tertiary/aromatic N) is 2. The predicted octanol–water partition coefficient (Wildman–Crippen LogP) is 2.85. The molecular formula is C17H14F4N4O2. The SMILES string of the molecule is NC(=O)Cn1nc(N)c2ccc(-c3ccc(F)cc3OCC(F)(F)F)cc21. The highest BCUT2D eigenvalue weighted by molar-refractivity contribution is 5.93. The Kier molecular flexibility index (Phi) is 4.64. The largest absolute Gasteiger partial charge is 0.483 e. The van der Waals surface area contributed by atoms with Gasteiger partial charge in [0.1, 0.15) is 18.1 Å². The van der Waals surface area contributed by atoms with Gasteiger partial charge in [0.15, 0.2) is 12.4 Å². The summed E-state index contributed by atoms with van der Waals surface area (Å²) in [5.41, 5.74) is 12.1. The van der Waals surface area contributed by atoms with Gasteiger partial charge in [-0.3, -0.25) is 9.48 Å². The number of carbonyl (C=O) groups is 1. The first-order valence-electron chi connectivity index (χ1n) is 7.68. The van der Waals surface area contributed by atoms with Crippen LogP contribution in [0.4, 0.5) is 23.4 Å². The molecular weight excluding hydrogens is 368 g/mol. The van der Waals surface area contributed by atoms with Gasteiger partial charge in [0.2, 0.25) is 5.91 Å². The second-order valence-electron chi connectivity index (χ2n) is 5.79. The average Bonchev–Trinajstić information content (AvgIpc) is 2.87. The number of halogens is 4. The highest BCUT2D eigenvalue weighted by Gasteiger charge is 2.29. The third-order valence-corrected chi connectivity index (χ3v) is 3.73. The number of primary amides is 1. The van der Waals surface area contributed by atoms with E-state index in [0.717, 1.165) is 12.1 Å². The minimum Gasteiger partial charge on any atom is -0.483 e. The Hall–Kier alpha value is -3.30. The van der Waals surface area contributed by atoms with Gasteiger partial charge >= 0.3 is 6.18 Å². The van der Waals surface area contributed by atoms with Gasteiger partial charge < -0.3 is 16.2 Å². The van der Waals surface area contributed by atoms with Gasteiger partial charge in [-0.15, -0.1) is 0 Å². The van der Waals surface area contributed by atoms with Crippen molar-refractivity contribution in [3.63, 3.8) is 0 Å². The number of nitrogen functional groups attached to an aromatic ring is 1. The quantitative estimate of drug-likeness (QED) is 0.663. The molecule has 27 heavy (non-hydrogen) atoms. The highest BCUT2D eigenvalue weighted by atomic mass is 19.4. The Labute approximate surface area is 150 Å². The van der Waals surface area contributed by atoms with Crippen LogP contribution in [-0.4, -0.2) is 28.5 Å². The molecule has 0 aliphatic heterocycles. The maximum atomic E-state index is 13.5. The van der Waals surface area contributed by atoms with Crippen LogP contribution in [0.5, 0.6) is 5.75 Å². The number of nitrogens with two attached hydrogens (primary N) is 2. The standard InChI is InChI=1S/C17H14F4N4O2/c18-10-2-4-11(14(6-10)27-8-17(19,20)21)9-1-3-12-13(5-9)25(7-15(22)26)24-16(12)23/h1-6H,7-8H2,(H2,22,26)(H2,23,24). The molecule has 10 heteroatoms. The van der Waals surface area contributed by atoms with Crippen LogP contribution in [0, 0.1) is 5.82 Å². The minimum absolute atomic E-state index is 0.172. The van der Waals surface area contributed by atoms with Crippen molar-refractivity contribution in [1.82, 2.24) is 9.78 Å². The number of fused-ring (bicyclic) bond motifs is 1. The van der Waals surface area contributed by atoms with Gasteiger partial charge in [-0.2, -0.15) is 18.3 Å². The molecule has 0 bridgehead atoms. The lowest BCUT2D eigenvalue weighted by Gasteiger charge is -2.14. The van der Waals surface area contributed by atoms with Gasteiger partial charge in [-0.25, -0.2) is 4.39 Å². The van der Waals surface area contributed by atoms with Crippen molar-refractivity contribution in [1.29, 1.82) is 0 Å². The van der Waals surface area contributed by atoms with E-state index in [0.29, 0.717) is 16.5 Å². The lowest BCUT2D eigenvalue weighted by atomic mass is 10.0. The molecule has 1 aromatic heterocycles. The van der Waals surface area contributed by atoms with E-state index >= 15 is 0 Å². The van der Waals surface area contributed by atoms with Crippen molar-refractivity contribution < 1.29 is 27.1 Å². The van der Waals surface area contributed by atoms with Crippen LogP contribution in [-0.2, 0) is 11.3 Å². The Morgan fingerprint density at radius 2 is 1.93 bits per heavy atom. The number of anilines is 1. The molecule has 1 heterocycles. The predicted molar refractivity (Wildman–Crippen MR) is 90.3 cm³/mol. The van der Waals surface area contributed by atoms with E-state index in [2.05, 4.69) is 5.10 Å². The van der Waals surface area contributed by atoms with Crippen LogP contribution in [0.25, 0.3) is 22.0 Å². The summed E-state index contributed by atoms with van der Waals surface area (Å²) in [7, 11) is 0. The molecule has 0 saturated heterocycles. The molecule has 142 valence electrons. The number of amides is 1. The summed E-state index contributed by atoms with van der Waals surface area (Å²) in [4.78, 5) is 11.2. The monoisotopic (exact) mass is 382 g/mol. The van der Waals surface area contributed by atoms with Crippen molar-refractivity contribution in [2.45, 2.75) is 12.7 Å². The number of hydrogen-bond acceptors (Lipinski definition) is 4. The summed E-state index contributed by atoms with van der Waals surface area (Å²) in [5, 5.41) is 4.57. The van der Waals surface area contributed by atoms with E-state index in [4.69, 9.17) is 16.2 Å². The fourth-order valence-corrected chi connectivity index (χ4v) is 2.65. The molecule has 0 atom stereocenters. The summed E-state index contributed by atoms with van der Waals surface area (Å²) in [6, 6.07) is 8.04. The van der Waals surface area contributed by atoms with E-state index in [1.54, 1.807) is 18.2 Å². The fourth-order valence-electron chi connectivity index (χ4n) is 2.65. The molecule has 0 unspecified atom stereocenters. The molecule has 0 saturated carbocycles. The van der Waals surface area contributed by atoms with Crippen LogP contribution >= 0.6 is 0 Å². The Bertz CT molecular complexity index is 1010. The molecule has 3 rings (SSSR count). The lowest BCUT2D eigenvalue weighted by molar-refractivity contribution is -0.153. The van der Waals surface area contributed by atoms with Crippen molar-refractivity contribution in [3.8, 4) is 16.9 Å². The van der Waals surface area contributed by atoms with Gasteiger partial charge in [-0.05, 0) is 29.8 Å². The summed E-state index contributed by atoms with van der Waals surface area (Å²) in [6.45, 7) is -1.78. The number of alkyl halides is 3. The van der Waals surface area contributed by atoms with E-state index in [-0.39, 0.29) is 23.7 Å². The zero-order valence-electron chi connectivity index (χ0n) is 13.8. The van der Waals surface area contributed by atoms with E-state index < -0.39 is 24.5 Å². The normalized spacial score (nSPS) is 11.7. The van der Waals surface area contributed by atoms with E-state index in [1.807, 2.05) is 0 Å². The third kappa shape index (κ3) is 4.10. The first-order chi connectivity index (χ1) is 12.6. The molecule has 4 N–H and O–H groups in total. The van der Waals surface area contributed by atoms with Crippen LogP contribution in [0.15, 0.2) is 36.4 Å². The first kappa shape index (κ1) is 18.5. The zero-order valence-corrected chi connectivity index (χ0v) is 13.8. The van der Waals surface area contributed by atoms with E-state index in [9.17, 15) is 22.4 Å². The van der Waals surface area contributed by atoms with Gasteiger partial charge in [0.25, 0.3) is 0 Å². The van der Waals surface area contributed by atoms with Crippen molar-refractivity contribution in [3.05, 3.63) is 42.2 Å². The highest BCUT2D eigenvalue weighted by Crippen LogP contribution is 2.34. The number of carbonyl (C=O) groups excluding carboxylic acids is 1. The minimum atomic E-state index is -4.57. The molecule has 0 radical (unpaired) electrons. The van der Waals surface area contributed by atoms with Crippen LogP contribution in [0.2, 0.25) is 0 Å². The molecule has 3 aromatic rings. The summed E-state index contributed by atoms with van der Waals surface area (Å²) in [5.74, 6) is -1.47. The van der Waals surface area contributed by atoms with Gasteiger partial charge in [-0.1, -0.05) is 6.07 Å². The molecule has 0 aliphatic rings. The average molecular weight is 382 g/mol. The van der Waals surface area contributed by atoms with Crippen LogP contribution in [0.3, 0.4) is 0 Å². The third-order valence-electron chi connectivity index (χ3n) is 3.73. The Balaban J connectivity index is 2.08. The van der Waals surface area contributed by atoms with Crippen LogP contribution < -0.4 is 16.2 Å². The lowest BCUT2D eigenvalue weighted by Crippen LogP contribution is -2.19. The number of ether oxygens (including phenoxy) is 1. The molecule has 0 fully saturated rings. The molecule has 1 amide bonds. The molecule has 6 nitrogen and oxygen atoms in total. The number of benzene rings is 2. The van der Waals surface area contributed by atoms with Crippen molar-refractivity contribution in [2.75, 3.05) is 12.3 Å². The Morgan fingerprint density at radius 3 is 2.59 bits per heavy atom. The second-order valence-corrected chi connectivity index (χ2v) is 5.79. The van der Waals surface area contributed by atoms with Crippen molar-refractivity contribution >= 4 is 22.6 Å². The summed E-state index contributed by atoms with van der Waals surface area (Å²) >= 11 is 0. The van der Waals surface area contributed by atoms with Crippen molar-refractivity contribution in [2.24, 2.45) is 5.73 Å². The summed E-state index contributed by atoms with van der Waals surface area (Å²) in [6.07, 6.45) is -4.57. The molecule has 2 aromatic carbocycles.